The van der Waals surface area contributed by atoms with E-state index in [9.17, 15) is 8.78 Å². The first-order valence-electron chi connectivity index (χ1n) is 6.20. The van der Waals surface area contributed by atoms with Crippen LogP contribution in [0.25, 0.3) is 0 Å². The van der Waals surface area contributed by atoms with Gasteiger partial charge in [-0.05, 0) is 36.8 Å². The maximum Gasteiger partial charge on any atom is 0.200 e. The third kappa shape index (κ3) is 3.93. The largest absolute Gasteiger partial charge is 0.481 e. The zero-order valence-corrected chi connectivity index (χ0v) is 13.5. The van der Waals surface area contributed by atoms with Gasteiger partial charge in [0.1, 0.15) is 6.10 Å². The Morgan fingerprint density at radius 2 is 1.81 bits per heavy atom. The van der Waals surface area contributed by atoms with Crippen LogP contribution in [0.1, 0.15) is 18.6 Å². The monoisotopic (exact) mass is 375 g/mol. The molecule has 0 bridgehead atoms. The van der Waals surface area contributed by atoms with E-state index in [1.165, 1.54) is 6.07 Å². The first-order chi connectivity index (χ1) is 9.88. The van der Waals surface area contributed by atoms with Crippen molar-refractivity contribution in [1.29, 1.82) is 0 Å². The summed E-state index contributed by atoms with van der Waals surface area (Å²) < 4.78 is 33.2. The fourth-order valence-electron chi connectivity index (χ4n) is 1.89. The molecule has 0 amide bonds. The van der Waals surface area contributed by atoms with Crippen molar-refractivity contribution < 1.29 is 13.5 Å². The first kappa shape index (κ1) is 16.2. The Bertz CT molecular complexity index is 634. The van der Waals surface area contributed by atoms with Gasteiger partial charge in [-0.3, -0.25) is 0 Å². The molecule has 0 aliphatic heterocycles. The van der Waals surface area contributed by atoms with Crippen LogP contribution in [0.2, 0.25) is 5.02 Å². The minimum absolute atomic E-state index is 0.195. The molecule has 0 saturated carbocycles. The zero-order valence-electron chi connectivity index (χ0n) is 11.1. The predicted molar refractivity (Wildman–Crippen MR) is 82.5 cm³/mol. The van der Waals surface area contributed by atoms with Gasteiger partial charge in [-0.25, -0.2) is 4.39 Å². The minimum Gasteiger partial charge on any atom is -0.481 e. The van der Waals surface area contributed by atoms with Gasteiger partial charge in [0, 0.05) is 15.5 Å². The quantitative estimate of drug-likeness (QED) is 0.774. The second-order valence-electron chi connectivity index (χ2n) is 4.65. The van der Waals surface area contributed by atoms with E-state index in [0.717, 1.165) is 11.6 Å². The maximum atomic E-state index is 13.8. The summed E-state index contributed by atoms with van der Waals surface area (Å²) in [7, 11) is 0. The van der Waals surface area contributed by atoms with E-state index in [4.69, 9.17) is 22.1 Å². The summed E-state index contributed by atoms with van der Waals surface area (Å²) in [4.78, 5) is 0. The van der Waals surface area contributed by atoms with Gasteiger partial charge in [-0.1, -0.05) is 39.7 Å². The van der Waals surface area contributed by atoms with Gasteiger partial charge in [0.05, 0.1) is 0 Å². The van der Waals surface area contributed by atoms with Crippen LogP contribution < -0.4 is 10.5 Å². The minimum atomic E-state index is -1.04. The van der Waals surface area contributed by atoms with E-state index in [1.807, 2.05) is 0 Å². The van der Waals surface area contributed by atoms with Crippen molar-refractivity contribution in [3.05, 3.63) is 63.1 Å². The van der Waals surface area contributed by atoms with Crippen LogP contribution >= 0.6 is 27.5 Å². The van der Waals surface area contributed by atoms with Crippen LogP contribution in [-0.4, -0.2) is 6.04 Å². The molecule has 2 atom stereocenters. The summed E-state index contributed by atoms with van der Waals surface area (Å²) >= 11 is 8.94. The molecular weight excluding hydrogens is 364 g/mol. The number of nitrogens with two attached hydrogens (primary N) is 1. The number of rotatable bonds is 4. The van der Waals surface area contributed by atoms with Gasteiger partial charge >= 0.3 is 0 Å². The normalized spacial score (nSPS) is 13.8. The van der Waals surface area contributed by atoms with Crippen LogP contribution in [0.5, 0.6) is 5.75 Å². The van der Waals surface area contributed by atoms with Gasteiger partial charge in [0.15, 0.2) is 11.6 Å². The Kier molecular flexibility index (Phi) is 5.19. The Morgan fingerprint density at radius 1 is 1.19 bits per heavy atom. The number of hydrogen-bond acceptors (Lipinski definition) is 2. The van der Waals surface area contributed by atoms with Crippen molar-refractivity contribution in [3.8, 4) is 5.75 Å². The Labute approximate surface area is 135 Å². The van der Waals surface area contributed by atoms with Crippen LogP contribution in [0.4, 0.5) is 8.78 Å². The molecule has 0 aliphatic carbocycles. The lowest BCUT2D eigenvalue weighted by atomic mass is 10.0. The van der Waals surface area contributed by atoms with E-state index in [2.05, 4.69) is 15.9 Å². The van der Waals surface area contributed by atoms with E-state index in [-0.39, 0.29) is 5.75 Å². The van der Waals surface area contributed by atoms with Crippen LogP contribution in [0, 0.1) is 11.6 Å². The average Bonchev–Trinajstić information content (AvgIpc) is 2.42. The summed E-state index contributed by atoms with van der Waals surface area (Å²) in [6.07, 6.45) is -0.620. The second kappa shape index (κ2) is 6.73. The number of ether oxygens (including phenoxy) is 1. The van der Waals surface area contributed by atoms with E-state index in [1.54, 1.807) is 31.2 Å². The lowest BCUT2D eigenvalue weighted by Crippen LogP contribution is -2.29. The van der Waals surface area contributed by atoms with Gasteiger partial charge in [0.2, 0.25) is 5.82 Å². The molecule has 0 saturated heterocycles. The predicted octanol–water partition coefficient (Wildman–Crippen LogP) is 4.85. The van der Waals surface area contributed by atoms with Crippen molar-refractivity contribution in [2.75, 3.05) is 0 Å². The van der Waals surface area contributed by atoms with Gasteiger partial charge in [-0.15, -0.1) is 0 Å². The molecule has 0 fully saturated rings. The topological polar surface area (TPSA) is 35.2 Å². The van der Waals surface area contributed by atoms with Gasteiger partial charge in [-0.2, -0.15) is 4.39 Å². The highest BCUT2D eigenvalue weighted by atomic mass is 79.9. The standard InChI is InChI=1S/C15H13BrClF2NO/c1-8(20)15(9-2-4-11(17)5-3-9)21-13-7-10(16)6-12(18)14(13)19/h2-8,15H,20H2,1H3. The molecule has 2 rings (SSSR count). The fourth-order valence-corrected chi connectivity index (χ4v) is 2.42. The lowest BCUT2D eigenvalue weighted by Gasteiger charge is -2.23. The van der Waals surface area contributed by atoms with Crippen LogP contribution in [0.15, 0.2) is 40.9 Å². The van der Waals surface area contributed by atoms with Crippen molar-refractivity contribution in [3.63, 3.8) is 0 Å². The number of hydrogen-bond donors (Lipinski definition) is 1. The van der Waals surface area contributed by atoms with Gasteiger partial charge < -0.3 is 10.5 Å². The highest BCUT2D eigenvalue weighted by molar-refractivity contribution is 9.10. The van der Waals surface area contributed by atoms with Crippen molar-refractivity contribution in [2.45, 2.75) is 19.1 Å². The summed E-state index contributed by atoms with van der Waals surface area (Å²) in [5, 5.41) is 0.571. The SMILES string of the molecule is CC(N)C(Oc1cc(Br)cc(F)c1F)c1ccc(Cl)cc1. The Balaban J connectivity index is 2.35. The summed E-state index contributed by atoms with van der Waals surface area (Å²) in [6, 6.07) is 8.83. The second-order valence-corrected chi connectivity index (χ2v) is 6.00. The molecule has 2 aromatic rings. The molecular formula is C15H13BrClF2NO. The average molecular weight is 377 g/mol. The zero-order chi connectivity index (χ0) is 15.6. The third-order valence-electron chi connectivity index (χ3n) is 2.89. The molecule has 6 heteroatoms. The molecule has 0 aliphatic rings. The van der Waals surface area contributed by atoms with Crippen molar-refractivity contribution >= 4 is 27.5 Å². The fraction of sp³-hybridized carbons (Fsp3) is 0.200. The lowest BCUT2D eigenvalue weighted by molar-refractivity contribution is 0.170. The summed E-state index contributed by atoms with van der Waals surface area (Å²) in [5.74, 6) is -2.23. The van der Waals surface area contributed by atoms with Crippen molar-refractivity contribution in [2.24, 2.45) is 5.73 Å². The molecule has 0 spiro atoms. The third-order valence-corrected chi connectivity index (χ3v) is 3.60. The highest BCUT2D eigenvalue weighted by Crippen LogP contribution is 2.31. The van der Waals surface area contributed by atoms with E-state index < -0.39 is 23.8 Å². The van der Waals surface area contributed by atoms with E-state index in [0.29, 0.717) is 9.50 Å². The van der Waals surface area contributed by atoms with Crippen LogP contribution in [-0.2, 0) is 0 Å². The van der Waals surface area contributed by atoms with Crippen molar-refractivity contribution in [1.82, 2.24) is 0 Å². The molecule has 0 heterocycles. The molecule has 112 valence electrons. The molecule has 0 radical (unpaired) electrons. The molecule has 2 unspecified atom stereocenters. The smallest absolute Gasteiger partial charge is 0.200 e. The highest BCUT2D eigenvalue weighted by Gasteiger charge is 2.21. The Morgan fingerprint density at radius 3 is 2.38 bits per heavy atom. The van der Waals surface area contributed by atoms with Crippen LogP contribution in [0.3, 0.4) is 0 Å². The Hall–Kier alpha value is -1.17. The molecule has 2 aromatic carbocycles. The first-order valence-corrected chi connectivity index (χ1v) is 7.38. The number of halogens is 4. The maximum absolute atomic E-state index is 13.8. The molecule has 21 heavy (non-hydrogen) atoms. The summed E-state index contributed by atoms with van der Waals surface area (Å²) in [5.41, 5.74) is 6.63. The number of benzene rings is 2. The molecule has 2 N–H and O–H groups in total. The molecule has 0 aromatic heterocycles. The molecule has 2 nitrogen and oxygen atoms in total. The van der Waals surface area contributed by atoms with Gasteiger partial charge in [0.25, 0.3) is 0 Å². The van der Waals surface area contributed by atoms with E-state index >= 15 is 0 Å². The summed E-state index contributed by atoms with van der Waals surface area (Å²) in [6.45, 7) is 1.73.